The fourth-order valence-electron chi connectivity index (χ4n) is 4.70. The lowest BCUT2D eigenvalue weighted by Gasteiger charge is -2.18. The van der Waals surface area contributed by atoms with Gasteiger partial charge in [-0.25, -0.2) is 9.97 Å². The number of rotatable bonds is 5. The summed E-state index contributed by atoms with van der Waals surface area (Å²) in [5.41, 5.74) is 5.85. The SMILES string of the molecule is Cc1nc(N2CCC(C)C2)ccc1Cn1cnc(C(=O)NC2CCc3c2n[nH]c3C)c1. The zero-order valence-electron chi connectivity index (χ0n) is 18.4. The van der Waals surface area contributed by atoms with Gasteiger partial charge in [0.25, 0.3) is 5.91 Å². The van der Waals surface area contributed by atoms with Gasteiger partial charge in [0.15, 0.2) is 0 Å². The van der Waals surface area contributed by atoms with Gasteiger partial charge in [0.05, 0.1) is 24.6 Å². The van der Waals surface area contributed by atoms with Crippen LogP contribution in [0.1, 0.15) is 64.5 Å². The van der Waals surface area contributed by atoms with E-state index in [2.05, 4.69) is 44.5 Å². The molecule has 3 aromatic heterocycles. The van der Waals surface area contributed by atoms with Crippen molar-refractivity contribution in [3.63, 3.8) is 0 Å². The Hall–Kier alpha value is -3.16. The van der Waals surface area contributed by atoms with Crippen molar-refractivity contribution in [1.29, 1.82) is 0 Å². The number of nitrogens with one attached hydrogen (secondary N) is 2. The molecular formula is C23H29N7O. The van der Waals surface area contributed by atoms with Crippen molar-refractivity contribution in [2.24, 2.45) is 5.92 Å². The third-order valence-electron chi connectivity index (χ3n) is 6.57. The van der Waals surface area contributed by atoms with Crippen LogP contribution in [0.25, 0.3) is 0 Å². The summed E-state index contributed by atoms with van der Waals surface area (Å²) in [4.78, 5) is 24.2. The molecule has 3 aromatic rings. The predicted octanol–water partition coefficient (Wildman–Crippen LogP) is 2.93. The van der Waals surface area contributed by atoms with E-state index in [1.165, 1.54) is 12.0 Å². The number of aryl methyl sites for hydroxylation is 2. The molecule has 2 N–H and O–H groups in total. The highest BCUT2D eigenvalue weighted by molar-refractivity contribution is 5.92. The van der Waals surface area contributed by atoms with Crippen LogP contribution in [0.3, 0.4) is 0 Å². The summed E-state index contributed by atoms with van der Waals surface area (Å²) in [6, 6.07) is 4.19. The normalized spacial score (nSPS) is 20.3. The molecule has 0 spiro atoms. The van der Waals surface area contributed by atoms with Gasteiger partial charge in [-0.15, -0.1) is 0 Å². The van der Waals surface area contributed by atoms with Crippen molar-refractivity contribution < 1.29 is 4.79 Å². The Bertz CT molecular complexity index is 1120. The number of hydrogen-bond acceptors (Lipinski definition) is 5. The van der Waals surface area contributed by atoms with Crippen LogP contribution in [0.15, 0.2) is 24.7 Å². The number of aromatic nitrogens is 5. The van der Waals surface area contributed by atoms with Crippen molar-refractivity contribution in [2.45, 2.75) is 52.6 Å². The molecule has 1 aliphatic heterocycles. The van der Waals surface area contributed by atoms with Crippen LogP contribution < -0.4 is 10.2 Å². The first kappa shape index (κ1) is 19.8. The van der Waals surface area contributed by atoms with Crippen LogP contribution >= 0.6 is 0 Å². The highest BCUT2D eigenvalue weighted by Gasteiger charge is 2.29. The summed E-state index contributed by atoms with van der Waals surface area (Å²) in [6.45, 7) is 9.15. The molecule has 8 nitrogen and oxygen atoms in total. The number of pyridine rings is 1. The Labute approximate surface area is 182 Å². The lowest BCUT2D eigenvalue weighted by molar-refractivity contribution is 0.0931. The molecule has 8 heteroatoms. The number of hydrogen-bond donors (Lipinski definition) is 2. The van der Waals surface area contributed by atoms with Crippen molar-refractivity contribution in [3.05, 3.63) is 58.6 Å². The number of fused-ring (bicyclic) bond motifs is 1. The number of anilines is 1. The van der Waals surface area contributed by atoms with E-state index in [1.807, 2.05) is 18.4 Å². The summed E-state index contributed by atoms with van der Waals surface area (Å²) < 4.78 is 1.94. The van der Waals surface area contributed by atoms with Gasteiger partial charge < -0.3 is 14.8 Å². The Morgan fingerprint density at radius 1 is 1.29 bits per heavy atom. The van der Waals surface area contributed by atoms with Gasteiger partial charge in [0.2, 0.25) is 0 Å². The van der Waals surface area contributed by atoms with Crippen molar-refractivity contribution in [2.75, 3.05) is 18.0 Å². The molecular weight excluding hydrogens is 390 g/mol. The second kappa shape index (κ2) is 7.83. The minimum atomic E-state index is -0.161. The fourth-order valence-corrected chi connectivity index (χ4v) is 4.70. The zero-order valence-corrected chi connectivity index (χ0v) is 18.4. The summed E-state index contributed by atoms with van der Waals surface area (Å²) in [5, 5.41) is 10.5. The smallest absolute Gasteiger partial charge is 0.272 e. The van der Waals surface area contributed by atoms with Gasteiger partial charge in [-0.05, 0) is 56.2 Å². The minimum Gasteiger partial charge on any atom is -0.356 e. The molecule has 1 saturated heterocycles. The standard InChI is InChI=1S/C23H29N7O/c1-14-8-9-30(10-14)21-7-4-17(15(2)25-21)11-29-12-20(24-13-29)23(31)26-19-6-5-18-16(3)27-28-22(18)19/h4,7,12-14,19H,5-6,8-11H2,1-3H3,(H,26,31)(H,27,28). The van der Waals surface area contributed by atoms with Crippen molar-refractivity contribution in [3.8, 4) is 0 Å². The van der Waals surface area contributed by atoms with Crippen LogP contribution in [0.4, 0.5) is 5.82 Å². The first-order valence-corrected chi connectivity index (χ1v) is 11.1. The van der Waals surface area contributed by atoms with E-state index in [4.69, 9.17) is 4.98 Å². The number of amides is 1. The number of carbonyl (C=O) groups is 1. The van der Waals surface area contributed by atoms with Crippen LogP contribution in [0.2, 0.25) is 0 Å². The maximum atomic E-state index is 12.7. The Balaban J connectivity index is 1.24. The molecule has 2 atom stereocenters. The summed E-state index contributed by atoms with van der Waals surface area (Å²) in [6.07, 6.45) is 6.56. The van der Waals surface area contributed by atoms with Crippen molar-refractivity contribution >= 4 is 11.7 Å². The Morgan fingerprint density at radius 3 is 2.94 bits per heavy atom. The zero-order chi connectivity index (χ0) is 21.5. The monoisotopic (exact) mass is 419 g/mol. The minimum absolute atomic E-state index is 0.0510. The maximum absolute atomic E-state index is 12.7. The summed E-state index contributed by atoms with van der Waals surface area (Å²) in [7, 11) is 0. The largest absolute Gasteiger partial charge is 0.356 e. The molecule has 2 aliphatic rings. The van der Waals surface area contributed by atoms with E-state index in [-0.39, 0.29) is 11.9 Å². The molecule has 2 unspecified atom stereocenters. The lowest BCUT2D eigenvalue weighted by atomic mass is 10.2. The molecule has 1 aliphatic carbocycles. The molecule has 31 heavy (non-hydrogen) atoms. The average molecular weight is 420 g/mol. The quantitative estimate of drug-likeness (QED) is 0.663. The third-order valence-corrected chi connectivity index (χ3v) is 6.57. The topological polar surface area (TPSA) is 91.7 Å². The van der Waals surface area contributed by atoms with Crippen molar-refractivity contribution in [1.82, 2.24) is 30.0 Å². The second-order valence-electron chi connectivity index (χ2n) is 8.96. The van der Waals surface area contributed by atoms with E-state index in [0.29, 0.717) is 12.2 Å². The predicted molar refractivity (Wildman–Crippen MR) is 118 cm³/mol. The average Bonchev–Trinajstić information content (AvgIpc) is 3.52. The fraction of sp³-hybridized carbons (Fsp3) is 0.478. The van der Waals surface area contributed by atoms with E-state index in [1.54, 1.807) is 12.5 Å². The van der Waals surface area contributed by atoms with Gasteiger partial charge >= 0.3 is 0 Å². The molecule has 1 amide bonds. The number of nitrogens with zero attached hydrogens (tertiary/aromatic N) is 5. The molecule has 0 saturated carbocycles. The van der Waals surface area contributed by atoms with Gasteiger partial charge in [-0.3, -0.25) is 9.89 Å². The van der Waals surface area contributed by atoms with Gasteiger partial charge in [-0.2, -0.15) is 5.10 Å². The summed E-state index contributed by atoms with van der Waals surface area (Å²) in [5.74, 6) is 1.62. The molecule has 1 fully saturated rings. The molecule has 4 heterocycles. The number of carbonyl (C=O) groups excluding carboxylic acids is 1. The lowest BCUT2D eigenvalue weighted by Crippen LogP contribution is -2.27. The van der Waals surface area contributed by atoms with E-state index >= 15 is 0 Å². The highest BCUT2D eigenvalue weighted by Crippen LogP contribution is 2.31. The molecule has 5 rings (SSSR count). The van der Waals surface area contributed by atoms with E-state index in [9.17, 15) is 4.79 Å². The Morgan fingerprint density at radius 2 is 2.16 bits per heavy atom. The number of imidazole rings is 1. The molecule has 162 valence electrons. The summed E-state index contributed by atoms with van der Waals surface area (Å²) >= 11 is 0. The van der Waals surface area contributed by atoms with Crippen LogP contribution in [-0.2, 0) is 13.0 Å². The van der Waals surface area contributed by atoms with Gasteiger partial charge in [0.1, 0.15) is 11.5 Å². The van der Waals surface area contributed by atoms with E-state index < -0.39 is 0 Å². The Kier molecular flexibility index (Phi) is 5.00. The second-order valence-corrected chi connectivity index (χ2v) is 8.96. The first-order valence-electron chi connectivity index (χ1n) is 11.1. The molecule has 0 bridgehead atoms. The van der Waals surface area contributed by atoms with Crippen LogP contribution in [0, 0.1) is 19.8 Å². The third kappa shape index (κ3) is 3.82. The van der Waals surface area contributed by atoms with Crippen LogP contribution in [-0.4, -0.2) is 43.7 Å². The van der Waals surface area contributed by atoms with Gasteiger partial charge in [-0.1, -0.05) is 13.0 Å². The maximum Gasteiger partial charge on any atom is 0.272 e. The molecule has 0 aromatic carbocycles. The van der Waals surface area contributed by atoms with E-state index in [0.717, 1.165) is 60.3 Å². The van der Waals surface area contributed by atoms with Crippen LogP contribution in [0.5, 0.6) is 0 Å². The number of H-pyrrole nitrogens is 1. The highest BCUT2D eigenvalue weighted by atomic mass is 16.2. The number of aromatic amines is 1. The first-order chi connectivity index (χ1) is 15.0. The molecule has 0 radical (unpaired) electrons. The van der Waals surface area contributed by atoms with Gasteiger partial charge in [0, 0.05) is 30.7 Å².